The van der Waals surface area contributed by atoms with E-state index in [1.807, 2.05) is 25.1 Å². The Labute approximate surface area is 125 Å². The van der Waals surface area contributed by atoms with Crippen LogP contribution >= 0.6 is 11.8 Å². The zero-order chi connectivity index (χ0) is 15.0. The third-order valence-corrected chi connectivity index (χ3v) is 4.05. The summed E-state index contributed by atoms with van der Waals surface area (Å²) in [6.45, 7) is 2.03. The summed E-state index contributed by atoms with van der Waals surface area (Å²) in [6.07, 6.45) is 0. The maximum absolute atomic E-state index is 11.5. The van der Waals surface area contributed by atoms with E-state index in [2.05, 4.69) is 9.97 Å². The molecule has 5 N–H and O–H groups in total. The van der Waals surface area contributed by atoms with Crippen LogP contribution in [0.25, 0.3) is 11.0 Å². The van der Waals surface area contributed by atoms with Crippen molar-refractivity contribution in [2.24, 2.45) is 5.73 Å². The summed E-state index contributed by atoms with van der Waals surface area (Å²) in [5.41, 5.74) is 15.0. The third-order valence-electron chi connectivity index (χ3n) is 3.09. The smallest absolute Gasteiger partial charge is 0.249 e. The number of nitrogens with zero attached hydrogens (tertiary/aromatic N) is 1. The SMILES string of the molecule is Cc1ccc2nc(Sc3ccc(N)cc3C(N)=O)[nH]c2c1. The largest absolute Gasteiger partial charge is 0.399 e. The van der Waals surface area contributed by atoms with Gasteiger partial charge in [0, 0.05) is 10.6 Å². The van der Waals surface area contributed by atoms with E-state index in [1.165, 1.54) is 11.8 Å². The van der Waals surface area contributed by atoms with Gasteiger partial charge in [-0.15, -0.1) is 0 Å². The first-order chi connectivity index (χ1) is 10.0. The van der Waals surface area contributed by atoms with E-state index >= 15 is 0 Å². The van der Waals surface area contributed by atoms with Gasteiger partial charge >= 0.3 is 0 Å². The predicted molar refractivity (Wildman–Crippen MR) is 84.3 cm³/mol. The van der Waals surface area contributed by atoms with Crippen molar-refractivity contribution in [1.82, 2.24) is 9.97 Å². The standard InChI is InChI=1S/C15H14N4OS/c1-8-2-4-11-12(6-8)19-15(18-11)21-13-5-3-9(16)7-10(13)14(17)20/h2-7H,16H2,1H3,(H2,17,20)(H,18,19). The molecule has 21 heavy (non-hydrogen) atoms. The Hall–Kier alpha value is -2.47. The molecule has 106 valence electrons. The molecule has 3 rings (SSSR count). The minimum absolute atomic E-state index is 0.400. The average Bonchev–Trinajstić information content (AvgIpc) is 2.82. The number of rotatable bonds is 3. The maximum Gasteiger partial charge on any atom is 0.249 e. The molecule has 1 aromatic heterocycles. The number of benzene rings is 2. The Bertz CT molecular complexity index is 841. The van der Waals surface area contributed by atoms with Crippen molar-refractivity contribution in [3.63, 3.8) is 0 Å². The van der Waals surface area contributed by atoms with Crippen LogP contribution in [0.5, 0.6) is 0 Å². The van der Waals surface area contributed by atoms with Crippen LogP contribution in [-0.4, -0.2) is 15.9 Å². The summed E-state index contributed by atoms with van der Waals surface area (Å²) in [7, 11) is 0. The number of hydrogen-bond donors (Lipinski definition) is 3. The third kappa shape index (κ3) is 2.71. The van der Waals surface area contributed by atoms with Crippen LogP contribution in [0, 0.1) is 6.92 Å². The van der Waals surface area contributed by atoms with Gasteiger partial charge in [0.05, 0.1) is 16.6 Å². The second-order valence-corrected chi connectivity index (χ2v) is 5.82. The molecule has 0 spiro atoms. The monoisotopic (exact) mass is 298 g/mol. The molecular formula is C15H14N4OS. The number of carbonyl (C=O) groups excluding carboxylic acids is 1. The van der Waals surface area contributed by atoms with Gasteiger partial charge in [-0.25, -0.2) is 4.98 Å². The number of fused-ring (bicyclic) bond motifs is 1. The van der Waals surface area contributed by atoms with Gasteiger partial charge in [-0.1, -0.05) is 17.8 Å². The normalized spacial score (nSPS) is 10.9. The van der Waals surface area contributed by atoms with Gasteiger partial charge in [-0.05, 0) is 42.8 Å². The number of hydrogen-bond acceptors (Lipinski definition) is 4. The number of carbonyl (C=O) groups is 1. The van der Waals surface area contributed by atoms with E-state index in [0.717, 1.165) is 21.5 Å². The molecular weight excluding hydrogens is 284 g/mol. The molecule has 0 aliphatic carbocycles. The lowest BCUT2D eigenvalue weighted by atomic mass is 10.2. The highest BCUT2D eigenvalue weighted by molar-refractivity contribution is 7.99. The molecule has 0 radical (unpaired) electrons. The first kappa shape index (κ1) is 13.5. The van der Waals surface area contributed by atoms with Crippen LogP contribution in [0.1, 0.15) is 15.9 Å². The fourth-order valence-electron chi connectivity index (χ4n) is 2.08. The highest BCUT2D eigenvalue weighted by Gasteiger charge is 2.12. The summed E-state index contributed by atoms with van der Waals surface area (Å²) < 4.78 is 0. The fraction of sp³-hybridized carbons (Fsp3) is 0.0667. The Morgan fingerprint density at radius 3 is 2.81 bits per heavy atom. The average molecular weight is 298 g/mol. The summed E-state index contributed by atoms with van der Waals surface area (Å²) in [5, 5.41) is 0.711. The fourth-order valence-corrected chi connectivity index (χ4v) is 3.00. The Balaban J connectivity index is 2.00. The van der Waals surface area contributed by atoms with Crippen molar-refractivity contribution in [2.45, 2.75) is 17.0 Å². The zero-order valence-corrected chi connectivity index (χ0v) is 12.2. The molecule has 0 saturated heterocycles. The van der Waals surface area contributed by atoms with Crippen molar-refractivity contribution in [1.29, 1.82) is 0 Å². The lowest BCUT2D eigenvalue weighted by Gasteiger charge is -2.05. The molecule has 0 atom stereocenters. The summed E-state index contributed by atoms with van der Waals surface area (Å²) in [5.74, 6) is -0.503. The second-order valence-electron chi connectivity index (χ2n) is 4.78. The number of nitrogen functional groups attached to an aromatic ring is 1. The number of amides is 1. The van der Waals surface area contributed by atoms with Crippen molar-refractivity contribution < 1.29 is 4.79 Å². The van der Waals surface area contributed by atoms with Crippen LogP contribution in [0.4, 0.5) is 5.69 Å². The molecule has 6 heteroatoms. The van der Waals surface area contributed by atoms with Crippen LogP contribution < -0.4 is 11.5 Å². The summed E-state index contributed by atoms with van der Waals surface area (Å²) in [4.78, 5) is 20.0. The van der Waals surface area contributed by atoms with E-state index in [0.29, 0.717) is 16.4 Å². The molecule has 0 bridgehead atoms. The lowest BCUT2D eigenvalue weighted by Crippen LogP contribution is -2.12. The van der Waals surface area contributed by atoms with E-state index < -0.39 is 5.91 Å². The van der Waals surface area contributed by atoms with Crippen LogP contribution in [0.2, 0.25) is 0 Å². The minimum atomic E-state index is -0.503. The molecule has 0 saturated carbocycles. The molecule has 0 fully saturated rings. The zero-order valence-electron chi connectivity index (χ0n) is 11.4. The maximum atomic E-state index is 11.5. The van der Waals surface area contributed by atoms with Crippen molar-refractivity contribution >= 4 is 34.4 Å². The number of imidazole rings is 1. The predicted octanol–water partition coefficient (Wildman–Crippen LogP) is 2.70. The van der Waals surface area contributed by atoms with Gasteiger partial charge in [-0.2, -0.15) is 0 Å². The van der Waals surface area contributed by atoms with Crippen LogP contribution in [0.15, 0.2) is 46.5 Å². The molecule has 2 aromatic carbocycles. The van der Waals surface area contributed by atoms with Crippen molar-refractivity contribution in [3.05, 3.63) is 47.5 Å². The first-order valence-electron chi connectivity index (χ1n) is 6.36. The van der Waals surface area contributed by atoms with Crippen LogP contribution in [-0.2, 0) is 0 Å². The van der Waals surface area contributed by atoms with Gasteiger partial charge in [0.1, 0.15) is 0 Å². The minimum Gasteiger partial charge on any atom is -0.399 e. The van der Waals surface area contributed by atoms with E-state index in [9.17, 15) is 4.79 Å². The highest BCUT2D eigenvalue weighted by atomic mass is 32.2. The van der Waals surface area contributed by atoms with Gasteiger partial charge in [-0.3, -0.25) is 4.79 Å². The molecule has 3 aromatic rings. The Morgan fingerprint density at radius 1 is 1.24 bits per heavy atom. The van der Waals surface area contributed by atoms with E-state index in [1.54, 1.807) is 18.2 Å². The molecule has 1 heterocycles. The lowest BCUT2D eigenvalue weighted by molar-refractivity contribution is 0.0997. The highest BCUT2D eigenvalue weighted by Crippen LogP contribution is 2.31. The Kier molecular flexibility index (Phi) is 3.31. The van der Waals surface area contributed by atoms with Gasteiger partial charge in [0.15, 0.2) is 5.16 Å². The van der Waals surface area contributed by atoms with Crippen LogP contribution in [0.3, 0.4) is 0 Å². The number of aryl methyl sites for hydroxylation is 1. The van der Waals surface area contributed by atoms with Crippen molar-refractivity contribution in [3.8, 4) is 0 Å². The second kappa shape index (κ2) is 5.14. The number of primary amides is 1. The van der Waals surface area contributed by atoms with Gasteiger partial charge < -0.3 is 16.5 Å². The topological polar surface area (TPSA) is 97.8 Å². The number of H-pyrrole nitrogens is 1. The quantitative estimate of drug-likeness (QED) is 0.647. The summed E-state index contributed by atoms with van der Waals surface area (Å²) in [6, 6.07) is 11.1. The van der Waals surface area contributed by atoms with Gasteiger partial charge in [0.2, 0.25) is 5.91 Å². The number of anilines is 1. The van der Waals surface area contributed by atoms with Gasteiger partial charge in [0.25, 0.3) is 0 Å². The molecule has 0 aliphatic heterocycles. The Morgan fingerprint density at radius 2 is 2.05 bits per heavy atom. The van der Waals surface area contributed by atoms with E-state index in [-0.39, 0.29) is 0 Å². The number of nitrogens with one attached hydrogen (secondary N) is 1. The number of aromatic nitrogens is 2. The first-order valence-corrected chi connectivity index (χ1v) is 7.18. The van der Waals surface area contributed by atoms with Crippen molar-refractivity contribution in [2.75, 3.05) is 5.73 Å². The number of nitrogens with two attached hydrogens (primary N) is 2. The molecule has 0 aliphatic rings. The molecule has 5 nitrogen and oxygen atoms in total. The van der Waals surface area contributed by atoms with E-state index in [4.69, 9.17) is 11.5 Å². The molecule has 1 amide bonds. The molecule has 0 unspecified atom stereocenters. The number of aromatic amines is 1. The summed E-state index contributed by atoms with van der Waals surface area (Å²) >= 11 is 1.36.